The van der Waals surface area contributed by atoms with Crippen molar-refractivity contribution in [3.63, 3.8) is 0 Å². The molecule has 1 aromatic heterocycles. The molecule has 1 aliphatic rings. The highest BCUT2D eigenvalue weighted by atomic mass is 16.4. The molecule has 0 amide bonds. The lowest BCUT2D eigenvalue weighted by Crippen LogP contribution is -2.31. The Hall–Kier alpha value is -1.29. The number of aromatic carboxylic acids is 1. The van der Waals surface area contributed by atoms with Gasteiger partial charge >= 0.3 is 5.97 Å². The van der Waals surface area contributed by atoms with E-state index in [-0.39, 0.29) is 5.56 Å². The topological polar surface area (TPSA) is 62.5 Å². The predicted octanol–water partition coefficient (Wildman–Crippen LogP) is 2.95. The van der Waals surface area contributed by atoms with Crippen LogP contribution in [0.4, 0.5) is 0 Å². The molecule has 4 heteroatoms. The fourth-order valence-corrected chi connectivity index (χ4v) is 2.73. The Morgan fingerprint density at radius 2 is 2.22 bits per heavy atom. The third-order valence-corrected chi connectivity index (χ3v) is 3.90. The minimum absolute atomic E-state index is 0.264. The van der Waals surface area contributed by atoms with Crippen molar-refractivity contribution in [2.75, 3.05) is 0 Å². The molecule has 2 rings (SSSR count). The molecule has 0 radical (unpaired) electrons. The van der Waals surface area contributed by atoms with Gasteiger partial charge in [-0.2, -0.15) is 0 Å². The summed E-state index contributed by atoms with van der Waals surface area (Å²) in [7, 11) is 0. The standard InChI is InChI=1S/C14H21NO3/c1-9(11-5-3-4-6-11)15-8-12-7-13(14(16)17)10(2)18-12/h7,9,11,15H,3-6,8H2,1-2H3,(H,16,17)/t9-/m1/s1. The van der Waals surface area contributed by atoms with Crippen molar-refractivity contribution in [3.8, 4) is 0 Å². The van der Waals surface area contributed by atoms with Gasteiger partial charge in [-0.15, -0.1) is 0 Å². The smallest absolute Gasteiger partial charge is 0.339 e. The first kappa shape index (κ1) is 13.1. The first-order chi connectivity index (χ1) is 8.58. The van der Waals surface area contributed by atoms with Crippen LogP contribution in [0, 0.1) is 12.8 Å². The zero-order valence-electron chi connectivity index (χ0n) is 11.0. The third kappa shape index (κ3) is 2.93. The average Bonchev–Trinajstić information content (AvgIpc) is 2.94. The second kappa shape index (κ2) is 5.57. The first-order valence-corrected chi connectivity index (χ1v) is 6.64. The van der Waals surface area contributed by atoms with Gasteiger partial charge in [0.05, 0.1) is 6.54 Å². The van der Waals surface area contributed by atoms with Crippen LogP contribution in [0.5, 0.6) is 0 Å². The van der Waals surface area contributed by atoms with E-state index in [0.29, 0.717) is 24.1 Å². The van der Waals surface area contributed by atoms with E-state index in [9.17, 15) is 4.79 Å². The summed E-state index contributed by atoms with van der Waals surface area (Å²) in [5.74, 6) is 1.01. The van der Waals surface area contributed by atoms with Crippen molar-refractivity contribution in [3.05, 3.63) is 23.2 Å². The number of rotatable bonds is 5. The van der Waals surface area contributed by atoms with E-state index >= 15 is 0 Å². The lowest BCUT2D eigenvalue weighted by Gasteiger charge is -2.19. The van der Waals surface area contributed by atoms with Gasteiger partial charge in [0.15, 0.2) is 0 Å². The number of carboxylic acid groups (broad SMARTS) is 1. The van der Waals surface area contributed by atoms with Crippen molar-refractivity contribution in [1.82, 2.24) is 5.32 Å². The summed E-state index contributed by atoms with van der Waals surface area (Å²) in [5, 5.41) is 12.4. The summed E-state index contributed by atoms with van der Waals surface area (Å²) in [6.07, 6.45) is 5.26. The van der Waals surface area contributed by atoms with E-state index in [0.717, 1.165) is 5.92 Å². The van der Waals surface area contributed by atoms with Crippen molar-refractivity contribution in [2.24, 2.45) is 5.92 Å². The van der Waals surface area contributed by atoms with Crippen LogP contribution < -0.4 is 5.32 Å². The summed E-state index contributed by atoms with van der Waals surface area (Å²) in [5.41, 5.74) is 0.264. The Kier molecular flexibility index (Phi) is 4.07. The van der Waals surface area contributed by atoms with E-state index in [2.05, 4.69) is 12.2 Å². The zero-order chi connectivity index (χ0) is 13.1. The molecular weight excluding hydrogens is 230 g/mol. The van der Waals surface area contributed by atoms with Gasteiger partial charge < -0.3 is 14.8 Å². The molecule has 0 bridgehead atoms. The zero-order valence-corrected chi connectivity index (χ0v) is 11.0. The maximum absolute atomic E-state index is 10.9. The highest BCUT2D eigenvalue weighted by molar-refractivity contribution is 5.88. The number of carboxylic acids is 1. The highest BCUT2D eigenvalue weighted by Gasteiger charge is 2.21. The fourth-order valence-electron chi connectivity index (χ4n) is 2.73. The molecule has 1 fully saturated rings. The molecule has 1 aliphatic carbocycles. The molecular formula is C14H21NO3. The molecule has 0 spiro atoms. The average molecular weight is 251 g/mol. The van der Waals surface area contributed by atoms with Crippen molar-refractivity contribution < 1.29 is 14.3 Å². The van der Waals surface area contributed by atoms with Crippen LogP contribution in [-0.4, -0.2) is 17.1 Å². The maximum atomic E-state index is 10.9. The minimum atomic E-state index is -0.925. The first-order valence-electron chi connectivity index (χ1n) is 6.64. The van der Waals surface area contributed by atoms with Crippen molar-refractivity contribution in [1.29, 1.82) is 0 Å². The van der Waals surface area contributed by atoms with E-state index in [4.69, 9.17) is 9.52 Å². The predicted molar refractivity (Wildman–Crippen MR) is 68.7 cm³/mol. The van der Waals surface area contributed by atoms with E-state index in [1.54, 1.807) is 13.0 Å². The Labute approximate surface area is 107 Å². The van der Waals surface area contributed by atoms with Crippen LogP contribution in [0.15, 0.2) is 10.5 Å². The van der Waals surface area contributed by atoms with Gasteiger partial charge in [0, 0.05) is 6.04 Å². The summed E-state index contributed by atoms with van der Waals surface area (Å²) >= 11 is 0. The van der Waals surface area contributed by atoms with Gasteiger partial charge in [-0.3, -0.25) is 0 Å². The summed E-state index contributed by atoms with van der Waals surface area (Å²) in [6, 6.07) is 2.08. The van der Waals surface area contributed by atoms with Crippen LogP contribution >= 0.6 is 0 Å². The fraction of sp³-hybridized carbons (Fsp3) is 0.643. The Balaban J connectivity index is 1.89. The van der Waals surface area contributed by atoms with Gasteiger partial charge in [-0.1, -0.05) is 12.8 Å². The summed E-state index contributed by atoms with van der Waals surface area (Å²) in [4.78, 5) is 10.9. The SMILES string of the molecule is Cc1oc(CN[C@H](C)C2CCCC2)cc1C(=O)O. The molecule has 0 saturated heterocycles. The van der Waals surface area contributed by atoms with Gasteiger partial charge in [-0.05, 0) is 38.7 Å². The third-order valence-electron chi connectivity index (χ3n) is 3.90. The van der Waals surface area contributed by atoms with Crippen LogP contribution in [0.2, 0.25) is 0 Å². The molecule has 1 atom stereocenters. The Morgan fingerprint density at radius 1 is 1.56 bits per heavy atom. The molecule has 0 aliphatic heterocycles. The van der Waals surface area contributed by atoms with Crippen LogP contribution in [0.25, 0.3) is 0 Å². The normalized spacial score (nSPS) is 18.1. The van der Waals surface area contributed by atoms with Gasteiger partial charge in [0.25, 0.3) is 0 Å². The van der Waals surface area contributed by atoms with Gasteiger partial charge in [0.2, 0.25) is 0 Å². The lowest BCUT2D eigenvalue weighted by atomic mass is 10.00. The molecule has 18 heavy (non-hydrogen) atoms. The molecule has 1 aromatic rings. The number of hydrogen-bond donors (Lipinski definition) is 2. The number of aryl methyl sites for hydroxylation is 1. The Morgan fingerprint density at radius 3 is 2.78 bits per heavy atom. The number of furan rings is 1. The molecule has 1 heterocycles. The summed E-state index contributed by atoms with van der Waals surface area (Å²) < 4.78 is 5.45. The van der Waals surface area contributed by atoms with Crippen LogP contribution in [0.1, 0.15) is 54.5 Å². The molecule has 0 unspecified atom stereocenters. The number of carbonyl (C=O) groups is 1. The van der Waals surface area contributed by atoms with E-state index in [1.165, 1.54) is 25.7 Å². The molecule has 0 aromatic carbocycles. The second-order valence-corrected chi connectivity index (χ2v) is 5.20. The minimum Gasteiger partial charge on any atom is -0.478 e. The van der Waals surface area contributed by atoms with Crippen LogP contribution in [-0.2, 0) is 6.54 Å². The van der Waals surface area contributed by atoms with Gasteiger partial charge in [0.1, 0.15) is 17.1 Å². The highest BCUT2D eigenvalue weighted by Crippen LogP contribution is 2.27. The van der Waals surface area contributed by atoms with Crippen LogP contribution in [0.3, 0.4) is 0 Å². The van der Waals surface area contributed by atoms with Crippen molar-refractivity contribution >= 4 is 5.97 Å². The molecule has 4 nitrogen and oxygen atoms in total. The molecule has 2 N–H and O–H groups in total. The van der Waals surface area contributed by atoms with Gasteiger partial charge in [-0.25, -0.2) is 4.79 Å². The summed E-state index contributed by atoms with van der Waals surface area (Å²) in [6.45, 7) is 4.49. The second-order valence-electron chi connectivity index (χ2n) is 5.20. The largest absolute Gasteiger partial charge is 0.478 e. The number of hydrogen-bond acceptors (Lipinski definition) is 3. The maximum Gasteiger partial charge on any atom is 0.339 e. The lowest BCUT2D eigenvalue weighted by molar-refractivity contribution is 0.0695. The molecule has 1 saturated carbocycles. The van der Waals surface area contributed by atoms with E-state index in [1.807, 2.05) is 0 Å². The van der Waals surface area contributed by atoms with E-state index < -0.39 is 5.97 Å². The quantitative estimate of drug-likeness (QED) is 0.844. The van der Waals surface area contributed by atoms with Crippen molar-refractivity contribution in [2.45, 2.75) is 52.1 Å². The molecule has 100 valence electrons. The monoisotopic (exact) mass is 251 g/mol. The number of nitrogens with one attached hydrogen (secondary N) is 1. The Bertz CT molecular complexity index is 419.